The van der Waals surface area contributed by atoms with E-state index in [0.717, 1.165) is 11.3 Å². The molecule has 0 aliphatic carbocycles. The van der Waals surface area contributed by atoms with Gasteiger partial charge in [0.15, 0.2) is 5.82 Å². The molecule has 0 spiro atoms. The zero-order valence-corrected chi connectivity index (χ0v) is 15.3. The highest BCUT2D eigenvalue weighted by Crippen LogP contribution is 2.28. The van der Waals surface area contributed by atoms with Gasteiger partial charge >= 0.3 is 0 Å². The van der Waals surface area contributed by atoms with Crippen LogP contribution in [-0.4, -0.2) is 48.3 Å². The summed E-state index contributed by atoms with van der Waals surface area (Å²) in [6.07, 6.45) is 1.16. The summed E-state index contributed by atoms with van der Waals surface area (Å²) in [6.45, 7) is 5.18. The largest absolute Gasteiger partial charge is 0.493 e. The Hall–Kier alpha value is -1.93. The molecule has 1 aromatic heterocycles. The zero-order chi connectivity index (χ0) is 17.9. The first-order valence-corrected chi connectivity index (χ1v) is 10.1. The van der Waals surface area contributed by atoms with Gasteiger partial charge in [-0.2, -0.15) is 4.98 Å². The number of benzene rings is 1. The molecule has 1 aromatic carbocycles. The minimum Gasteiger partial charge on any atom is -0.493 e. The van der Waals surface area contributed by atoms with Crippen molar-refractivity contribution in [2.75, 3.05) is 25.4 Å². The summed E-state index contributed by atoms with van der Waals surface area (Å²) in [5.41, 5.74) is 1.15. The van der Waals surface area contributed by atoms with Gasteiger partial charge in [-0.05, 0) is 31.0 Å². The number of sulfonamides is 1. The van der Waals surface area contributed by atoms with Crippen molar-refractivity contribution in [2.24, 2.45) is 0 Å². The van der Waals surface area contributed by atoms with Crippen LogP contribution in [0.25, 0.3) is 0 Å². The number of ether oxygens (including phenoxy) is 1. The first kappa shape index (κ1) is 17.9. The van der Waals surface area contributed by atoms with E-state index in [0.29, 0.717) is 44.3 Å². The van der Waals surface area contributed by atoms with Gasteiger partial charge in [0.1, 0.15) is 5.75 Å². The van der Waals surface area contributed by atoms with Crippen molar-refractivity contribution in [3.8, 4) is 5.75 Å². The molecule has 7 nitrogen and oxygen atoms in total. The summed E-state index contributed by atoms with van der Waals surface area (Å²) >= 11 is 0. The van der Waals surface area contributed by atoms with Crippen LogP contribution in [0.15, 0.2) is 28.8 Å². The molecular formula is C17H23N3O4S. The minimum absolute atomic E-state index is 0.00873. The molecule has 0 saturated carbocycles. The van der Waals surface area contributed by atoms with Crippen LogP contribution in [0.5, 0.6) is 5.75 Å². The highest BCUT2D eigenvalue weighted by Gasteiger charge is 2.39. The SMILES string of the molecule is CCCS(=O)(=O)N1CC(c2nc(CCOc3cccc(C)c3)no2)C1. The molecule has 136 valence electrons. The number of rotatable bonds is 8. The molecule has 0 unspecified atom stereocenters. The number of aryl methyl sites for hydroxylation is 1. The molecule has 0 N–H and O–H groups in total. The van der Waals surface area contributed by atoms with Crippen LogP contribution in [0, 0.1) is 6.92 Å². The van der Waals surface area contributed by atoms with Crippen molar-refractivity contribution < 1.29 is 17.7 Å². The fraction of sp³-hybridized carbons (Fsp3) is 0.529. The average Bonchev–Trinajstić information content (AvgIpc) is 2.94. The Labute approximate surface area is 148 Å². The molecule has 2 aromatic rings. The lowest BCUT2D eigenvalue weighted by atomic mass is 10.0. The summed E-state index contributed by atoms with van der Waals surface area (Å²) in [5.74, 6) is 2.08. The lowest BCUT2D eigenvalue weighted by molar-refractivity contribution is 0.216. The molecule has 1 aliphatic heterocycles. The van der Waals surface area contributed by atoms with E-state index < -0.39 is 10.0 Å². The summed E-state index contributed by atoms with van der Waals surface area (Å²) < 4.78 is 36.3. The van der Waals surface area contributed by atoms with Crippen molar-refractivity contribution in [2.45, 2.75) is 32.6 Å². The predicted octanol–water partition coefficient (Wildman–Crippen LogP) is 2.14. The maximum absolute atomic E-state index is 11.9. The van der Waals surface area contributed by atoms with Crippen LogP contribution < -0.4 is 4.74 Å². The Morgan fingerprint density at radius 1 is 1.36 bits per heavy atom. The first-order chi connectivity index (χ1) is 12.0. The molecular weight excluding hydrogens is 342 g/mol. The molecule has 3 rings (SSSR count). The highest BCUT2D eigenvalue weighted by atomic mass is 32.2. The molecule has 0 bridgehead atoms. The lowest BCUT2D eigenvalue weighted by Gasteiger charge is -2.35. The molecule has 2 heterocycles. The van der Waals surface area contributed by atoms with Crippen LogP contribution in [0.2, 0.25) is 0 Å². The topological polar surface area (TPSA) is 85.5 Å². The summed E-state index contributed by atoms with van der Waals surface area (Å²) in [5, 5.41) is 3.96. The second-order valence-electron chi connectivity index (χ2n) is 6.29. The molecule has 25 heavy (non-hydrogen) atoms. The van der Waals surface area contributed by atoms with Gasteiger partial charge in [0.05, 0.1) is 18.3 Å². The third-order valence-electron chi connectivity index (χ3n) is 4.12. The van der Waals surface area contributed by atoms with E-state index in [4.69, 9.17) is 9.26 Å². The van der Waals surface area contributed by atoms with Crippen molar-refractivity contribution in [3.05, 3.63) is 41.5 Å². The quantitative estimate of drug-likeness (QED) is 0.712. The smallest absolute Gasteiger partial charge is 0.232 e. The molecule has 0 amide bonds. The van der Waals surface area contributed by atoms with E-state index >= 15 is 0 Å². The van der Waals surface area contributed by atoms with Crippen LogP contribution in [0.4, 0.5) is 0 Å². The molecule has 1 fully saturated rings. The van der Waals surface area contributed by atoms with Gasteiger partial charge in [0.25, 0.3) is 0 Å². The number of hydrogen-bond acceptors (Lipinski definition) is 6. The third kappa shape index (κ3) is 4.38. The van der Waals surface area contributed by atoms with Gasteiger partial charge in [-0.15, -0.1) is 0 Å². The molecule has 8 heteroatoms. The van der Waals surface area contributed by atoms with Crippen molar-refractivity contribution >= 4 is 10.0 Å². The van der Waals surface area contributed by atoms with Gasteiger partial charge in [0.2, 0.25) is 15.9 Å². The Kier molecular flexibility index (Phi) is 5.39. The maximum Gasteiger partial charge on any atom is 0.232 e. The summed E-state index contributed by atoms with van der Waals surface area (Å²) in [4.78, 5) is 4.36. The van der Waals surface area contributed by atoms with Gasteiger partial charge in [-0.3, -0.25) is 0 Å². The molecule has 0 atom stereocenters. The van der Waals surface area contributed by atoms with Crippen molar-refractivity contribution in [1.29, 1.82) is 0 Å². The minimum atomic E-state index is -3.13. The van der Waals surface area contributed by atoms with Gasteiger partial charge in [-0.25, -0.2) is 12.7 Å². The Bertz CT molecular complexity index is 813. The van der Waals surface area contributed by atoms with Crippen LogP contribution in [0.3, 0.4) is 0 Å². The van der Waals surface area contributed by atoms with E-state index in [-0.39, 0.29) is 11.7 Å². The normalized spacial score (nSPS) is 15.9. The van der Waals surface area contributed by atoms with Gasteiger partial charge in [0, 0.05) is 19.5 Å². The number of aromatic nitrogens is 2. The van der Waals surface area contributed by atoms with Gasteiger partial charge in [-0.1, -0.05) is 24.2 Å². The van der Waals surface area contributed by atoms with Crippen molar-refractivity contribution in [3.63, 3.8) is 0 Å². The Morgan fingerprint density at radius 3 is 2.88 bits per heavy atom. The standard InChI is InChI=1S/C17H23N3O4S/c1-3-9-25(21,22)20-11-14(12-20)17-18-16(19-24-17)7-8-23-15-6-4-5-13(2)10-15/h4-6,10,14H,3,7-9,11-12H2,1-2H3. The summed E-state index contributed by atoms with van der Waals surface area (Å²) in [7, 11) is -3.13. The van der Waals surface area contributed by atoms with E-state index in [1.54, 1.807) is 0 Å². The van der Waals surface area contributed by atoms with Gasteiger partial charge < -0.3 is 9.26 Å². The van der Waals surface area contributed by atoms with E-state index in [1.807, 2.05) is 38.1 Å². The predicted molar refractivity (Wildman–Crippen MR) is 93.1 cm³/mol. The molecule has 1 saturated heterocycles. The lowest BCUT2D eigenvalue weighted by Crippen LogP contribution is -2.49. The monoisotopic (exact) mass is 365 g/mol. The highest BCUT2D eigenvalue weighted by molar-refractivity contribution is 7.89. The fourth-order valence-corrected chi connectivity index (χ4v) is 4.30. The van der Waals surface area contributed by atoms with Crippen LogP contribution in [-0.2, 0) is 16.4 Å². The summed E-state index contributed by atoms with van der Waals surface area (Å²) in [6, 6.07) is 7.85. The second-order valence-corrected chi connectivity index (χ2v) is 8.38. The Morgan fingerprint density at radius 2 is 2.16 bits per heavy atom. The number of hydrogen-bond donors (Lipinski definition) is 0. The van der Waals surface area contributed by atoms with Crippen molar-refractivity contribution in [1.82, 2.24) is 14.4 Å². The third-order valence-corrected chi connectivity index (χ3v) is 6.13. The average molecular weight is 365 g/mol. The Balaban J connectivity index is 1.47. The number of nitrogens with zero attached hydrogens (tertiary/aromatic N) is 3. The second kappa shape index (κ2) is 7.53. The van der Waals surface area contributed by atoms with Crippen LogP contribution >= 0.6 is 0 Å². The first-order valence-electron chi connectivity index (χ1n) is 8.47. The van der Waals surface area contributed by atoms with Crippen LogP contribution in [0.1, 0.15) is 36.5 Å². The van der Waals surface area contributed by atoms with E-state index in [1.165, 1.54) is 4.31 Å². The molecule has 0 radical (unpaired) electrons. The van der Waals surface area contributed by atoms with E-state index in [2.05, 4.69) is 10.1 Å². The maximum atomic E-state index is 11.9. The fourth-order valence-electron chi connectivity index (χ4n) is 2.71. The molecule has 1 aliphatic rings. The zero-order valence-electron chi connectivity index (χ0n) is 14.5. The van der Waals surface area contributed by atoms with E-state index in [9.17, 15) is 8.42 Å².